The number of rotatable bonds is 5. The molecule has 1 aliphatic heterocycles. The lowest BCUT2D eigenvalue weighted by Crippen LogP contribution is -2.51. The number of halogens is 1. The van der Waals surface area contributed by atoms with E-state index in [9.17, 15) is 9.59 Å². The Balaban J connectivity index is 1.81. The van der Waals surface area contributed by atoms with E-state index in [0.29, 0.717) is 17.4 Å². The fourth-order valence-electron chi connectivity index (χ4n) is 4.55. The van der Waals surface area contributed by atoms with Crippen molar-refractivity contribution in [2.24, 2.45) is 5.92 Å². The summed E-state index contributed by atoms with van der Waals surface area (Å²) < 4.78 is 6.70. The van der Waals surface area contributed by atoms with Gasteiger partial charge in [-0.2, -0.15) is 0 Å². The van der Waals surface area contributed by atoms with Crippen LogP contribution in [0.3, 0.4) is 0 Å². The topological polar surface area (TPSA) is 62.7 Å². The summed E-state index contributed by atoms with van der Waals surface area (Å²) in [6, 6.07) is 15.2. The first kappa shape index (κ1) is 23.4. The second-order valence-corrected chi connectivity index (χ2v) is 9.58. The summed E-state index contributed by atoms with van der Waals surface area (Å²) >= 11 is 3.55. The molecule has 0 aliphatic carbocycles. The number of ketones is 1. The number of aromatic nitrogens is 1. The monoisotopic (exact) mass is 509 g/mol. The number of nitrogens with zero attached hydrogens (tertiary/aromatic N) is 3. The van der Waals surface area contributed by atoms with E-state index in [4.69, 9.17) is 9.72 Å². The third-order valence-corrected chi connectivity index (χ3v) is 6.73. The number of piperidine rings is 1. The van der Waals surface area contributed by atoms with Crippen LogP contribution in [-0.4, -0.2) is 35.3 Å². The van der Waals surface area contributed by atoms with Crippen LogP contribution in [0.25, 0.3) is 10.9 Å². The van der Waals surface area contributed by atoms with Crippen molar-refractivity contribution in [2.75, 3.05) is 18.7 Å². The Hall–Kier alpha value is -2.77. The van der Waals surface area contributed by atoms with Crippen molar-refractivity contribution in [3.63, 3.8) is 0 Å². The second kappa shape index (κ2) is 9.61. The van der Waals surface area contributed by atoms with E-state index in [1.165, 1.54) is 6.92 Å². The van der Waals surface area contributed by atoms with Crippen LogP contribution in [0.4, 0.5) is 5.69 Å². The molecule has 172 valence electrons. The predicted molar refractivity (Wildman–Crippen MR) is 133 cm³/mol. The average Bonchev–Trinajstić information content (AvgIpc) is 2.79. The molecule has 6 nitrogen and oxygen atoms in total. The molecule has 3 aromatic rings. The molecule has 2 heterocycles. The van der Waals surface area contributed by atoms with E-state index >= 15 is 0 Å². The number of hydrogen-bond donors (Lipinski definition) is 0. The van der Waals surface area contributed by atoms with Crippen molar-refractivity contribution in [3.8, 4) is 5.88 Å². The van der Waals surface area contributed by atoms with Gasteiger partial charge in [-0.1, -0.05) is 22.9 Å². The molecule has 1 aromatic heterocycles. The van der Waals surface area contributed by atoms with Gasteiger partial charge >= 0.3 is 0 Å². The highest BCUT2D eigenvalue weighted by Crippen LogP contribution is 2.41. The van der Waals surface area contributed by atoms with Gasteiger partial charge in [0.2, 0.25) is 11.8 Å². The molecule has 2 atom stereocenters. The summed E-state index contributed by atoms with van der Waals surface area (Å²) in [5.41, 5.74) is 3.18. The van der Waals surface area contributed by atoms with Gasteiger partial charge in [-0.05, 0) is 74.2 Å². The number of pyridine rings is 1. The number of hydrazine groups is 1. The van der Waals surface area contributed by atoms with Crippen LogP contribution in [0.15, 0.2) is 53.0 Å². The fraction of sp³-hybridized carbons (Fsp3) is 0.346. The molecule has 0 bridgehead atoms. The summed E-state index contributed by atoms with van der Waals surface area (Å²) in [5, 5.41) is 4.86. The molecule has 0 radical (unpaired) electrons. The lowest BCUT2D eigenvalue weighted by molar-refractivity contribution is -0.121. The number of Topliss-reactive ketones (excluding diaryl/α,β-unsaturated/α-hetero) is 1. The van der Waals surface area contributed by atoms with Crippen LogP contribution in [0.2, 0.25) is 0 Å². The van der Waals surface area contributed by atoms with Crippen molar-refractivity contribution in [1.29, 1.82) is 0 Å². The van der Waals surface area contributed by atoms with E-state index in [0.717, 1.165) is 46.0 Å². The SMILES string of the molecule is COc1nc2ccc(Br)cc2cc1C1CC(C)CCN1N(C(C)=O)c1ccc(C(C)=O)cc1. The van der Waals surface area contributed by atoms with E-state index in [2.05, 4.69) is 33.9 Å². The molecule has 0 saturated carbocycles. The van der Waals surface area contributed by atoms with Gasteiger partial charge < -0.3 is 4.74 Å². The third-order valence-electron chi connectivity index (χ3n) is 6.23. The molecule has 7 heteroatoms. The Morgan fingerprint density at radius 2 is 1.85 bits per heavy atom. The Labute approximate surface area is 202 Å². The first-order chi connectivity index (χ1) is 15.8. The van der Waals surface area contributed by atoms with Gasteiger partial charge in [-0.15, -0.1) is 0 Å². The smallest absolute Gasteiger partial charge is 0.238 e. The van der Waals surface area contributed by atoms with Crippen LogP contribution in [-0.2, 0) is 4.79 Å². The number of carbonyl (C=O) groups is 2. The van der Waals surface area contributed by atoms with Gasteiger partial charge in [0, 0.05) is 34.5 Å². The quantitative estimate of drug-likeness (QED) is 0.397. The number of carbonyl (C=O) groups excluding carboxylic acids is 2. The van der Waals surface area contributed by atoms with Crippen molar-refractivity contribution in [1.82, 2.24) is 9.99 Å². The molecule has 1 fully saturated rings. The average molecular weight is 510 g/mol. The van der Waals surface area contributed by atoms with Crippen LogP contribution in [0.1, 0.15) is 55.6 Å². The standard InChI is InChI=1S/C26H28BrN3O3/c1-16-11-12-29(30(18(3)32)22-8-5-19(6-9-22)17(2)31)25(13-16)23-15-20-14-21(27)7-10-24(20)28-26(23)33-4/h5-10,14-16,25H,11-13H2,1-4H3. The summed E-state index contributed by atoms with van der Waals surface area (Å²) in [7, 11) is 1.64. The number of amides is 1. The summed E-state index contributed by atoms with van der Waals surface area (Å²) in [4.78, 5) is 29.4. The predicted octanol–water partition coefficient (Wildman–Crippen LogP) is 5.95. The minimum Gasteiger partial charge on any atom is -0.481 e. The molecule has 2 unspecified atom stereocenters. The van der Waals surface area contributed by atoms with Gasteiger partial charge in [0.25, 0.3) is 0 Å². The molecular formula is C26H28BrN3O3. The van der Waals surface area contributed by atoms with Crippen LogP contribution >= 0.6 is 15.9 Å². The largest absolute Gasteiger partial charge is 0.481 e. The van der Waals surface area contributed by atoms with Crippen molar-refractivity contribution in [3.05, 3.63) is 64.1 Å². The number of anilines is 1. The minimum absolute atomic E-state index is 0.00117. The van der Waals surface area contributed by atoms with E-state index in [1.807, 2.05) is 30.3 Å². The summed E-state index contributed by atoms with van der Waals surface area (Å²) in [5.74, 6) is 0.978. The van der Waals surface area contributed by atoms with E-state index in [-0.39, 0.29) is 17.7 Å². The molecule has 0 spiro atoms. The number of fused-ring (bicyclic) bond motifs is 1. The highest BCUT2D eigenvalue weighted by molar-refractivity contribution is 9.10. The maximum atomic E-state index is 12.9. The number of benzene rings is 2. The molecule has 2 aromatic carbocycles. The zero-order valence-electron chi connectivity index (χ0n) is 19.3. The highest BCUT2D eigenvalue weighted by Gasteiger charge is 2.36. The third kappa shape index (κ3) is 4.80. The molecule has 1 aliphatic rings. The first-order valence-corrected chi connectivity index (χ1v) is 11.9. The lowest BCUT2D eigenvalue weighted by Gasteiger charge is -2.44. The Morgan fingerprint density at radius 1 is 1.12 bits per heavy atom. The summed E-state index contributed by atoms with van der Waals surface area (Å²) in [6.07, 6.45) is 1.84. The van der Waals surface area contributed by atoms with E-state index < -0.39 is 0 Å². The van der Waals surface area contributed by atoms with Crippen LogP contribution < -0.4 is 9.75 Å². The van der Waals surface area contributed by atoms with Crippen LogP contribution in [0.5, 0.6) is 5.88 Å². The van der Waals surface area contributed by atoms with Gasteiger partial charge in [0.15, 0.2) is 5.78 Å². The van der Waals surface area contributed by atoms with Gasteiger partial charge in [0.1, 0.15) is 0 Å². The Morgan fingerprint density at radius 3 is 2.48 bits per heavy atom. The summed E-state index contributed by atoms with van der Waals surface area (Å²) in [6.45, 7) is 6.07. The maximum Gasteiger partial charge on any atom is 0.238 e. The molecule has 1 amide bonds. The number of methoxy groups -OCH3 is 1. The molecular weight excluding hydrogens is 482 g/mol. The molecule has 0 N–H and O–H groups in total. The van der Waals surface area contributed by atoms with Gasteiger partial charge in [-0.3, -0.25) is 9.59 Å². The minimum atomic E-state index is -0.0871. The van der Waals surface area contributed by atoms with Gasteiger partial charge in [-0.25, -0.2) is 15.0 Å². The molecule has 1 saturated heterocycles. The van der Waals surface area contributed by atoms with Crippen molar-refractivity contribution in [2.45, 2.75) is 39.7 Å². The van der Waals surface area contributed by atoms with Crippen LogP contribution in [0, 0.1) is 5.92 Å². The molecule has 4 rings (SSSR count). The van der Waals surface area contributed by atoms with Gasteiger partial charge in [0.05, 0.1) is 24.4 Å². The zero-order valence-corrected chi connectivity index (χ0v) is 20.9. The van der Waals surface area contributed by atoms with E-state index in [1.54, 1.807) is 31.2 Å². The Kier molecular flexibility index (Phi) is 6.81. The highest BCUT2D eigenvalue weighted by atomic mass is 79.9. The Bertz CT molecular complexity index is 1200. The number of ether oxygens (including phenoxy) is 1. The number of hydrogen-bond acceptors (Lipinski definition) is 5. The second-order valence-electron chi connectivity index (χ2n) is 8.67. The van der Waals surface area contributed by atoms with Crippen molar-refractivity contribution >= 4 is 44.2 Å². The fourth-order valence-corrected chi connectivity index (χ4v) is 4.93. The lowest BCUT2D eigenvalue weighted by atomic mass is 9.89. The normalized spacial score (nSPS) is 18.8. The molecule has 33 heavy (non-hydrogen) atoms. The maximum absolute atomic E-state index is 12.9. The first-order valence-electron chi connectivity index (χ1n) is 11.1. The zero-order chi connectivity index (χ0) is 23.7. The van der Waals surface area contributed by atoms with Crippen molar-refractivity contribution < 1.29 is 14.3 Å².